The van der Waals surface area contributed by atoms with Gasteiger partial charge in [-0.15, -0.1) is 11.3 Å². The SMILES string of the molecule is Cc1nc(-c2ccsc2)sc1C(=O)Nc1cc(Cl)c(Cl)cc1Cl. The lowest BCUT2D eigenvalue weighted by Crippen LogP contribution is -2.12. The molecule has 1 aromatic carbocycles. The van der Waals surface area contributed by atoms with Crippen LogP contribution in [0.15, 0.2) is 29.0 Å². The Morgan fingerprint density at radius 1 is 1.17 bits per heavy atom. The molecule has 0 spiro atoms. The monoisotopic (exact) mass is 402 g/mol. The molecule has 0 aliphatic heterocycles. The Morgan fingerprint density at radius 3 is 2.61 bits per heavy atom. The smallest absolute Gasteiger partial charge is 0.267 e. The molecule has 3 nitrogen and oxygen atoms in total. The molecule has 0 radical (unpaired) electrons. The van der Waals surface area contributed by atoms with Crippen molar-refractivity contribution in [1.82, 2.24) is 4.98 Å². The normalized spacial score (nSPS) is 10.8. The zero-order valence-corrected chi connectivity index (χ0v) is 15.6. The van der Waals surface area contributed by atoms with E-state index in [-0.39, 0.29) is 5.91 Å². The minimum Gasteiger partial charge on any atom is -0.320 e. The van der Waals surface area contributed by atoms with E-state index in [2.05, 4.69) is 10.3 Å². The van der Waals surface area contributed by atoms with Crippen molar-refractivity contribution in [3.63, 3.8) is 0 Å². The summed E-state index contributed by atoms with van der Waals surface area (Å²) in [6.07, 6.45) is 0. The highest BCUT2D eigenvalue weighted by Crippen LogP contribution is 2.34. The first-order valence-corrected chi connectivity index (χ1v) is 9.31. The molecule has 0 aliphatic rings. The van der Waals surface area contributed by atoms with E-state index in [9.17, 15) is 4.79 Å². The maximum atomic E-state index is 12.5. The maximum Gasteiger partial charge on any atom is 0.267 e. The molecule has 8 heteroatoms. The van der Waals surface area contributed by atoms with Crippen LogP contribution in [0.2, 0.25) is 15.1 Å². The van der Waals surface area contributed by atoms with E-state index in [1.807, 2.05) is 16.8 Å². The van der Waals surface area contributed by atoms with Gasteiger partial charge < -0.3 is 5.32 Å². The predicted molar refractivity (Wildman–Crippen MR) is 99.6 cm³/mol. The number of amides is 1. The molecule has 118 valence electrons. The van der Waals surface area contributed by atoms with E-state index in [0.717, 1.165) is 10.6 Å². The molecule has 0 saturated carbocycles. The highest BCUT2D eigenvalue weighted by molar-refractivity contribution is 7.17. The Balaban J connectivity index is 1.88. The van der Waals surface area contributed by atoms with Gasteiger partial charge in [0, 0.05) is 10.9 Å². The molecule has 0 fully saturated rings. The number of nitrogens with zero attached hydrogens (tertiary/aromatic N) is 1. The van der Waals surface area contributed by atoms with E-state index in [1.165, 1.54) is 23.5 Å². The molecule has 23 heavy (non-hydrogen) atoms. The molecule has 0 aliphatic carbocycles. The van der Waals surface area contributed by atoms with E-state index >= 15 is 0 Å². The molecule has 3 rings (SSSR count). The summed E-state index contributed by atoms with van der Waals surface area (Å²) in [5.74, 6) is -0.276. The first-order valence-electron chi connectivity index (χ1n) is 6.41. The number of thiazole rings is 1. The summed E-state index contributed by atoms with van der Waals surface area (Å²) in [5, 5.41) is 8.53. The summed E-state index contributed by atoms with van der Waals surface area (Å²) in [7, 11) is 0. The van der Waals surface area contributed by atoms with Crippen molar-refractivity contribution in [2.24, 2.45) is 0 Å². The lowest BCUT2D eigenvalue weighted by atomic mass is 10.3. The van der Waals surface area contributed by atoms with Gasteiger partial charge in [0.25, 0.3) is 5.91 Å². The number of carbonyl (C=O) groups is 1. The van der Waals surface area contributed by atoms with E-state index in [1.54, 1.807) is 18.3 Å². The summed E-state index contributed by atoms with van der Waals surface area (Å²) in [6.45, 7) is 1.80. The van der Waals surface area contributed by atoms with Gasteiger partial charge in [-0.25, -0.2) is 4.98 Å². The van der Waals surface area contributed by atoms with Gasteiger partial charge in [0.1, 0.15) is 9.88 Å². The van der Waals surface area contributed by atoms with Crippen molar-refractivity contribution in [3.8, 4) is 10.6 Å². The zero-order valence-electron chi connectivity index (χ0n) is 11.7. The molecule has 2 heterocycles. The Hall–Kier alpha value is -1.11. The first kappa shape index (κ1) is 16.7. The largest absolute Gasteiger partial charge is 0.320 e. The fraction of sp³-hybridized carbons (Fsp3) is 0.0667. The third kappa shape index (κ3) is 3.54. The van der Waals surface area contributed by atoms with Crippen LogP contribution in [0.5, 0.6) is 0 Å². The van der Waals surface area contributed by atoms with Gasteiger partial charge in [-0.2, -0.15) is 11.3 Å². The van der Waals surface area contributed by atoms with Crippen molar-refractivity contribution in [2.45, 2.75) is 6.92 Å². The number of aromatic nitrogens is 1. The number of hydrogen-bond donors (Lipinski definition) is 1. The molecule has 0 unspecified atom stereocenters. The van der Waals surface area contributed by atoms with Crippen LogP contribution in [0, 0.1) is 6.92 Å². The standard InChI is InChI=1S/C15H9Cl3N2OS2/c1-7-13(23-15(19-7)8-2-3-22-6-8)14(21)20-12-5-10(17)9(16)4-11(12)18/h2-6H,1H3,(H,20,21). The Kier molecular flexibility index (Phi) is 4.94. The number of thiophene rings is 1. The van der Waals surface area contributed by atoms with Crippen LogP contribution in [0.25, 0.3) is 10.6 Å². The second-order valence-electron chi connectivity index (χ2n) is 4.65. The average molecular weight is 404 g/mol. The van der Waals surface area contributed by atoms with Crippen LogP contribution in [0.4, 0.5) is 5.69 Å². The summed E-state index contributed by atoms with van der Waals surface area (Å²) in [4.78, 5) is 17.5. The van der Waals surface area contributed by atoms with Gasteiger partial charge >= 0.3 is 0 Å². The van der Waals surface area contributed by atoms with Crippen molar-refractivity contribution >= 4 is 69.1 Å². The zero-order chi connectivity index (χ0) is 16.6. The fourth-order valence-electron chi connectivity index (χ4n) is 1.91. The number of benzene rings is 1. The van der Waals surface area contributed by atoms with Crippen LogP contribution < -0.4 is 5.32 Å². The number of hydrogen-bond acceptors (Lipinski definition) is 4. The molecule has 0 bridgehead atoms. The topological polar surface area (TPSA) is 42.0 Å². The van der Waals surface area contributed by atoms with Gasteiger partial charge in [0.15, 0.2) is 0 Å². The lowest BCUT2D eigenvalue weighted by molar-refractivity contribution is 0.103. The number of carbonyl (C=O) groups excluding carboxylic acids is 1. The molecule has 2 aromatic heterocycles. The minimum atomic E-state index is -0.276. The van der Waals surface area contributed by atoms with Gasteiger partial charge in [0.2, 0.25) is 0 Å². The van der Waals surface area contributed by atoms with Crippen LogP contribution in [-0.2, 0) is 0 Å². The fourth-order valence-corrected chi connectivity index (χ4v) is 4.18. The lowest BCUT2D eigenvalue weighted by Gasteiger charge is -2.08. The van der Waals surface area contributed by atoms with Crippen LogP contribution in [-0.4, -0.2) is 10.9 Å². The van der Waals surface area contributed by atoms with Gasteiger partial charge in [-0.1, -0.05) is 34.8 Å². The van der Waals surface area contributed by atoms with Crippen molar-refractivity contribution in [3.05, 3.63) is 54.6 Å². The van der Waals surface area contributed by atoms with Crippen molar-refractivity contribution in [2.75, 3.05) is 5.32 Å². The van der Waals surface area contributed by atoms with Crippen LogP contribution >= 0.6 is 57.5 Å². The van der Waals surface area contributed by atoms with Crippen molar-refractivity contribution < 1.29 is 4.79 Å². The molecule has 3 aromatic rings. The van der Waals surface area contributed by atoms with Crippen LogP contribution in [0.1, 0.15) is 15.4 Å². The molecule has 0 atom stereocenters. The third-order valence-electron chi connectivity index (χ3n) is 3.03. The molecular formula is C15H9Cl3N2OS2. The number of nitrogens with one attached hydrogen (secondary N) is 1. The molecule has 0 saturated heterocycles. The molecule has 1 amide bonds. The van der Waals surface area contributed by atoms with Gasteiger partial charge in [-0.3, -0.25) is 4.79 Å². The van der Waals surface area contributed by atoms with Crippen molar-refractivity contribution in [1.29, 1.82) is 0 Å². The summed E-state index contributed by atoms with van der Waals surface area (Å²) >= 11 is 20.9. The summed E-state index contributed by atoms with van der Waals surface area (Å²) < 4.78 is 0. The second-order valence-corrected chi connectivity index (χ2v) is 7.65. The Bertz CT molecular complexity index is 875. The summed E-state index contributed by atoms with van der Waals surface area (Å²) in [6, 6.07) is 5.00. The average Bonchev–Trinajstić information content (AvgIpc) is 3.13. The van der Waals surface area contributed by atoms with E-state index in [0.29, 0.717) is 31.3 Å². The summed E-state index contributed by atoms with van der Waals surface area (Å²) in [5.41, 5.74) is 2.09. The quantitative estimate of drug-likeness (QED) is 0.515. The number of anilines is 1. The minimum absolute atomic E-state index is 0.276. The highest BCUT2D eigenvalue weighted by Gasteiger charge is 2.18. The highest BCUT2D eigenvalue weighted by atomic mass is 35.5. The maximum absolute atomic E-state index is 12.5. The number of aryl methyl sites for hydroxylation is 1. The Morgan fingerprint density at radius 2 is 1.91 bits per heavy atom. The van der Waals surface area contributed by atoms with Gasteiger partial charge in [-0.05, 0) is 30.5 Å². The molecule has 1 N–H and O–H groups in total. The van der Waals surface area contributed by atoms with E-state index < -0.39 is 0 Å². The predicted octanol–water partition coefficient (Wildman–Crippen LogP) is 6.39. The number of rotatable bonds is 3. The first-order chi connectivity index (χ1) is 11.0. The van der Waals surface area contributed by atoms with Gasteiger partial charge in [0.05, 0.1) is 26.4 Å². The second kappa shape index (κ2) is 6.79. The third-order valence-corrected chi connectivity index (χ3v) is 5.95. The molecular weight excluding hydrogens is 395 g/mol. The Labute approximate surface area is 155 Å². The number of halogens is 3. The van der Waals surface area contributed by atoms with Crippen LogP contribution in [0.3, 0.4) is 0 Å². The van der Waals surface area contributed by atoms with E-state index in [4.69, 9.17) is 34.8 Å².